The zero-order chi connectivity index (χ0) is 22.8. The van der Waals surface area contributed by atoms with Gasteiger partial charge in [-0.1, -0.05) is 72.8 Å². The lowest BCUT2D eigenvalue weighted by Crippen LogP contribution is -2.07. The molecule has 6 nitrogen and oxygen atoms in total. The number of esters is 1. The van der Waals surface area contributed by atoms with E-state index in [1.54, 1.807) is 0 Å². The van der Waals surface area contributed by atoms with Crippen LogP contribution in [0.3, 0.4) is 0 Å². The molecule has 0 saturated heterocycles. The second-order valence-corrected chi connectivity index (χ2v) is 7.31. The number of carbonyl (C=O) groups is 2. The van der Waals surface area contributed by atoms with Crippen LogP contribution in [0.1, 0.15) is 11.3 Å². The normalized spacial score (nSPS) is 14.6. The number of para-hydroxylation sites is 2. The second-order valence-electron chi connectivity index (χ2n) is 7.31. The van der Waals surface area contributed by atoms with Crippen LogP contribution in [0.25, 0.3) is 33.6 Å². The third kappa shape index (κ3) is 3.78. The molecule has 4 aromatic rings. The average molecular weight is 434 g/mol. The summed E-state index contributed by atoms with van der Waals surface area (Å²) in [7, 11) is 1.24. The molecule has 0 amide bonds. The van der Waals surface area contributed by atoms with Crippen LogP contribution in [0.2, 0.25) is 0 Å². The smallest absolute Gasteiger partial charge is 0.334 e. The number of ketones is 1. The van der Waals surface area contributed by atoms with Gasteiger partial charge < -0.3 is 9.47 Å². The van der Waals surface area contributed by atoms with Gasteiger partial charge in [0.1, 0.15) is 11.5 Å². The fraction of sp³-hybridized carbons (Fsp3) is 0.0370. The molecule has 0 unspecified atom stereocenters. The van der Waals surface area contributed by atoms with Gasteiger partial charge in [0, 0.05) is 11.1 Å². The number of carbonyl (C=O) groups excluding carboxylic acids is 2. The number of ether oxygens (including phenoxy) is 2. The highest BCUT2D eigenvalue weighted by Crippen LogP contribution is 2.40. The minimum absolute atomic E-state index is 0.121. The summed E-state index contributed by atoms with van der Waals surface area (Å²) < 4.78 is 10.6. The van der Waals surface area contributed by atoms with Crippen molar-refractivity contribution in [1.82, 2.24) is 9.97 Å². The molecule has 5 rings (SSSR count). The molecule has 33 heavy (non-hydrogen) atoms. The van der Waals surface area contributed by atoms with Crippen LogP contribution in [-0.2, 0) is 19.1 Å². The molecule has 0 N–H and O–H groups in total. The van der Waals surface area contributed by atoms with Gasteiger partial charge in [-0.25, -0.2) is 14.8 Å². The molecule has 0 bridgehead atoms. The molecule has 1 aliphatic heterocycles. The number of nitrogens with zero attached hydrogens (tertiary/aromatic N) is 2. The first-order chi connectivity index (χ1) is 16.2. The minimum Gasteiger partial charge on any atom is -0.466 e. The molecular weight excluding hydrogens is 416 g/mol. The van der Waals surface area contributed by atoms with Crippen molar-refractivity contribution in [3.63, 3.8) is 0 Å². The number of allylic oxidation sites excluding steroid dienone is 1. The van der Waals surface area contributed by atoms with Crippen LogP contribution >= 0.6 is 0 Å². The SMILES string of the molecule is COC(=O)C=C1OC(c2ccccc2)=C(c2nc3ccccc3nc2-c2ccccc2)C1=O. The summed E-state index contributed by atoms with van der Waals surface area (Å²) in [6.45, 7) is 0. The highest BCUT2D eigenvalue weighted by molar-refractivity contribution is 6.37. The molecule has 1 aliphatic rings. The van der Waals surface area contributed by atoms with E-state index in [0.717, 1.165) is 11.6 Å². The Balaban J connectivity index is 1.81. The highest BCUT2D eigenvalue weighted by atomic mass is 16.5. The number of rotatable bonds is 4. The Morgan fingerprint density at radius 2 is 1.33 bits per heavy atom. The Morgan fingerprint density at radius 3 is 1.94 bits per heavy atom. The van der Waals surface area contributed by atoms with E-state index in [2.05, 4.69) is 0 Å². The molecular formula is C27H18N2O4. The van der Waals surface area contributed by atoms with Gasteiger partial charge in [0.2, 0.25) is 5.78 Å². The lowest BCUT2D eigenvalue weighted by molar-refractivity contribution is -0.135. The van der Waals surface area contributed by atoms with E-state index in [9.17, 15) is 9.59 Å². The summed E-state index contributed by atoms with van der Waals surface area (Å²) >= 11 is 0. The van der Waals surface area contributed by atoms with Crippen LogP contribution in [0, 0.1) is 0 Å². The fourth-order valence-corrected chi connectivity index (χ4v) is 3.67. The van der Waals surface area contributed by atoms with Crippen molar-refractivity contribution in [3.05, 3.63) is 108 Å². The monoisotopic (exact) mass is 434 g/mol. The first kappa shape index (κ1) is 20.3. The number of Topliss-reactive ketones (excluding diaryl/α,β-unsaturated/α-hetero) is 1. The molecule has 0 saturated carbocycles. The number of hydrogen-bond donors (Lipinski definition) is 0. The summed E-state index contributed by atoms with van der Waals surface area (Å²) in [4.78, 5) is 35.1. The zero-order valence-electron chi connectivity index (χ0n) is 17.7. The number of methoxy groups -OCH3 is 1. The second kappa shape index (κ2) is 8.51. The van der Waals surface area contributed by atoms with Crippen LogP contribution < -0.4 is 0 Å². The van der Waals surface area contributed by atoms with Crippen molar-refractivity contribution < 1.29 is 19.1 Å². The molecule has 6 heteroatoms. The lowest BCUT2D eigenvalue weighted by Gasteiger charge is -2.11. The number of hydrogen-bond acceptors (Lipinski definition) is 6. The topological polar surface area (TPSA) is 78.4 Å². The van der Waals surface area contributed by atoms with E-state index in [1.165, 1.54) is 7.11 Å². The average Bonchev–Trinajstić information content (AvgIpc) is 3.19. The van der Waals surface area contributed by atoms with Gasteiger partial charge in [0.05, 0.1) is 35.5 Å². The van der Waals surface area contributed by atoms with Gasteiger partial charge in [-0.2, -0.15) is 0 Å². The zero-order valence-corrected chi connectivity index (χ0v) is 17.7. The Morgan fingerprint density at radius 1 is 0.788 bits per heavy atom. The minimum atomic E-state index is -0.681. The van der Waals surface area contributed by atoms with Gasteiger partial charge in [-0.3, -0.25) is 4.79 Å². The fourth-order valence-electron chi connectivity index (χ4n) is 3.67. The van der Waals surface area contributed by atoms with Crippen molar-refractivity contribution in [1.29, 1.82) is 0 Å². The summed E-state index contributed by atoms with van der Waals surface area (Å²) in [5.41, 5.74) is 4.02. The van der Waals surface area contributed by atoms with E-state index in [0.29, 0.717) is 33.7 Å². The highest BCUT2D eigenvalue weighted by Gasteiger charge is 2.36. The predicted molar refractivity (Wildman–Crippen MR) is 124 cm³/mol. The van der Waals surface area contributed by atoms with Gasteiger partial charge in [0.25, 0.3) is 0 Å². The standard InChI is InChI=1S/C27H18N2O4/c1-32-22(30)16-21-26(31)23(27(33-21)18-12-6-3-7-13-18)25-24(17-10-4-2-5-11-17)28-19-14-8-9-15-20(19)29-25/h2-16H,1H3. The number of benzene rings is 3. The number of fused-ring (bicyclic) bond motifs is 1. The molecule has 0 atom stereocenters. The van der Waals surface area contributed by atoms with Gasteiger partial charge in [-0.15, -0.1) is 0 Å². The van der Waals surface area contributed by atoms with Crippen LogP contribution in [0.5, 0.6) is 0 Å². The largest absolute Gasteiger partial charge is 0.466 e. The molecule has 0 aliphatic carbocycles. The van der Waals surface area contributed by atoms with Gasteiger partial charge in [-0.05, 0) is 12.1 Å². The number of aromatic nitrogens is 2. The van der Waals surface area contributed by atoms with E-state index in [1.807, 2.05) is 84.9 Å². The Bertz CT molecular complexity index is 1440. The van der Waals surface area contributed by atoms with Gasteiger partial charge in [0.15, 0.2) is 5.76 Å². The summed E-state index contributed by atoms with van der Waals surface area (Å²) in [6, 6.07) is 26.2. The van der Waals surface area contributed by atoms with Crippen molar-refractivity contribution in [3.8, 4) is 11.3 Å². The molecule has 160 valence electrons. The van der Waals surface area contributed by atoms with Gasteiger partial charge >= 0.3 is 5.97 Å². The van der Waals surface area contributed by atoms with E-state index in [-0.39, 0.29) is 11.3 Å². The Labute approximate surface area is 189 Å². The molecule has 0 spiro atoms. The molecule has 1 aromatic heterocycles. The third-order valence-corrected chi connectivity index (χ3v) is 5.23. The van der Waals surface area contributed by atoms with Crippen LogP contribution in [0.15, 0.2) is 96.8 Å². The molecule has 3 aromatic carbocycles. The molecule has 0 radical (unpaired) electrons. The maximum atomic E-state index is 13.5. The van der Waals surface area contributed by atoms with Crippen LogP contribution in [-0.4, -0.2) is 28.8 Å². The van der Waals surface area contributed by atoms with E-state index in [4.69, 9.17) is 19.4 Å². The maximum Gasteiger partial charge on any atom is 0.334 e. The van der Waals surface area contributed by atoms with E-state index < -0.39 is 11.8 Å². The first-order valence-electron chi connectivity index (χ1n) is 10.3. The van der Waals surface area contributed by atoms with Crippen LogP contribution in [0.4, 0.5) is 0 Å². The predicted octanol–water partition coefficient (Wildman–Crippen LogP) is 4.82. The third-order valence-electron chi connectivity index (χ3n) is 5.23. The van der Waals surface area contributed by atoms with Crippen molar-refractivity contribution in [2.75, 3.05) is 7.11 Å². The maximum absolute atomic E-state index is 13.5. The summed E-state index contributed by atoms with van der Waals surface area (Å²) in [6.07, 6.45) is 1.05. The molecule has 0 fully saturated rings. The summed E-state index contributed by atoms with van der Waals surface area (Å²) in [5.74, 6) is -0.942. The summed E-state index contributed by atoms with van der Waals surface area (Å²) in [5, 5.41) is 0. The first-order valence-corrected chi connectivity index (χ1v) is 10.3. The Hall–Kier alpha value is -4.58. The molecule has 2 heterocycles. The van der Waals surface area contributed by atoms with Crippen molar-refractivity contribution in [2.24, 2.45) is 0 Å². The van der Waals surface area contributed by atoms with Crippen molar-refractivity contribution >= 4 is 34.1 Å². The van der Waals surface area contributed by atoms with Crippen molar-refractivity contribution in [2.45, 2.75) is 0 Å². The Kier molecular flexibility index (Phi) is 5.24. The quantitative estimate of drug-likeness (QED) is 0.338. The van der Waals surface area contributed by atoms with E-state index >= 15 is 0 Å². The lowest BCUT2D eigenvalue weighted by atomic mass is 9.98.